The van der Waals surface area contributed by atoms with E-state index in [1.165, 1.54) is 0 Å². The van der Waals surface area contributed by atoms with Crippen molar-refractivity contribution in [3.8, 4) is 0 Å². The van der Waals surface area contributed by atoms with Crippen molar-refractivity contribution in [1.82, 2.24) is 9.21 Å². The molecule has 0 radical (unpaired) electrons. The molecule has 1 aromatic carbocycles. The number of rotatable bonds is 6. The van der Waals surface area contributed by atoms with Gasteiger partial charge in [0, 0.05) is 38.2 Å². The van der Waals surface area contributed by atoms with E-state index in [9.17, 15) is 13.2 Å². The van der Waals surface area contributed by atoms with Gasteiger partial charge in [-0.1, -0.05) is 39.0 Å². The molecule has 146 valence electrons. The number of ether oxygens (including phenoxy) is 1. The number of benzene rings is 1. The van der Waals surface area contributed by atoms with Crippen LogP contribution in [0.5, 0.6) is 0 Å². The van der Waals surface area contributed by atoms with E-state index in [2.05, 4.69) is 0 Å². The Bertz CT molecular complexity index is 690. The first-order chi connectivity index (χ1) is 12.2. The first kappa shape index (κ1) is 20.9. The van der Waals surface area contributed by atoms with Crippen LogP contribution in [0.1, 0.15) is 33.6 Å². The predicted octanol–water partition coefficient (Wildman–Crippen LogP) is 2.36. The number of piperidine rings is 1. The highest BCUT2D eigenvalue weighted by molar-refractivity contribution is 7.89. The second-order valence-electron chi connectivity index (χ2n) is 7.69. The van der Waals surface area contributed by atoms with Gasteiger partial charge in [0.15, 0.2) is 0 Å². The zero-order chi connectivity index (χ0) is 19.4. The Morgan fingerprint density at radius 1 is 1.19 bits per heavy atom. The third kappa shape index (κ3) is 4.84. The van der Waals surface area contributed by atoms with Crippen LogP contribution in [0.25, 0.3) is 0 Å². The van der Waals surface area contributed by atoms with Crippen molar-refractivity contribution >= 4 is 15.9 Å². The second kappa shape index (κ2) is 8.50. The van der Waals surface area contributed by atoms with Crippen molar-refractivity contribution in [1.29, 1.82) is 0 Å². The van der Waals surface area contributed by atoms with Crippen LogP contribution in [-0.2, 0) is 19.6 Å². The molecule has 2 rings (SSSR count). The number of likely N-dealkylation sites (tertiary alicyclic amines) is 1. The van der Waals surface area contributed by atoms with Crippen molar-refractivity contribution in [2.75, 3.05) is 33.4 Å². The first-order valence-electron chi connectivity index (χ1n) is 9.03. The van der Waals surface area contributed by atoms with Gasteiger partial charge in [0.05, 0.1) is 11.5 Å². The van der Waals surface area contributed by atoms with E-state index < -0.39 is 15.4 Å². The average Bonchev–Trinajstić information content (AvgIpc) is 2.62. The fourth-order valence-corrected chi connectivity index (χ4v) is 4.93. The standard InChI is InChI=1S/C19H30N2O4S/c1-19(2,3)18(22)20-12-10-16(11-13-20)21(14-15-25-4)26(23,24)17-8-6-5-7-9-17/h5-9,16H,10-15H2,1-4H3. The van der Waals surface area contributed by atoms with Gasteiger partial charge >= 0.3 is 0 Å². The minimum absolute atomic E-state index is 0.116. The Balaban J connectivity index is 2.15. The van der Waals surface area contributed by atoms with Gasteiger partial charge in [0.1, 0.15) is 0 Å². The summed E-state index contributed by atoms with van der Waals surface area (Å²) in [5, 5.41) is 0. The maximum atomic E-state index is 13.1. The molecule has 1 aliphatic heterocycles. The Morgan fingerprint density at radius 2 is 1.77 bits per heavy atom. The summed E-state index contributed by atoms with van der Waals surface area (Å²) in [6, 6.07) is 8.37. The molecule has 6 nitrogen and oxygen atoms in total. The van der Waals surface area contributed by atoms with Gasteiger partial charge in [-0.05, 0) is 25.0 Å². The Hall–Kier alpha value is -1.44. The molecule has 0 unspecified atom stereocenters. The summed E-state index contributed by atoms with van der Waals surface area (Å²) in [5.74, 6) is 0.116. The zero-order valence-corrected chi connectivity index (χ0v) is 17.0. The Labute approximate surface area is 157 Å². The lowest BCUT2D eigenvalue weighted by molar-refractivity contribution is -0.140. The largest absolute Gasteiger partial charge is 0.383 e. The number of carbonyl (C=O) groups is 1. The normalized spacial score (nSPS) is 16.9. The number of sulfonamides is 1. The van der Waals surface area contributed by atoms with E-state index in [-0.39, 0.29) is 11.9 Å². The van der Waals surface area contributed by atoms with Crippen molar-refractivity contribution < 1.29 is 17.9 Å². The number of methoxy groups -OCH3 is 1. The van der Waals surface area contributed by atoms with E-state index in [4.69, 9.17) is 4.74 Å². The fraction of sp³-hybridized carbons (Fsp3) is 0.632. The van der Waals surface area contributed by atoms with Gasteiger partial charge in [-0.2, -0.15) is 4.31 Å². The van der Waals surface area contributed by atoms with Gasteiger partial charge in [-0.3, -0.25) is 4.79 Å². The number of hydrogen-bond donors (Lipinski definition) is 0. The number of nitrogens with zero attached hydrogens (tertiary/aromatic N) is 2. The first-order valence-corrected chi connectivity index (χ1v) is 10.5. The average molecular weight is 383 g/mol. The summed E-state index contributed by atoms with van der Waals surface area (Å²) in [6.07, 6.45) is 1.27. The van der Waals surface area contributed by atoms with Gasteiger partial charge in [-0.15, -0.1) is 0 Å². The Morgan fingerprint density at radius 3 is 2.27 bits per heavy atom. The lowest BCUT2D eigenvalue weighted by atomic mass is 9.93. The summed E-state index contributed by atoms with van der Waals surface area (Å²) in [6.45, 7) is 7.53. The van der Waals surface area contributed by atoms with Crippen molar-refractivity contribution in [2.24, 2.45) is 5.41 Å². The fourth-order valence-electron chi connectivity index (χ4n) is 3.24. The lowest BCUT2D eigenvalue weighted by Crippen LogP contribution is -2.51. The van der Waals surface area contributed by atoms with Gasteiger partial charge in [0.25, 0.3) is 0 Å². The number of carbonyl (C=O) groups excluding carboxylic acids is 1. The molecule has 7 heteroatoms. The molecule has 0 saturated carbocycles. The van der Waals surface area contributed by atoms with Crippen molar-refractivity contribution in [3.05, 3.63) is 30.3 Å². The summed E-state index contributed by atoms with van der Waals surface area (Å²) in [5.41, 5.74) is -0.418. The smallest absolute Gasteiger partial charge is 0.243 e. The van der Waals surface area contributed by atoms with Gasteiger partial charge in [-0.25, -0.2) is 8.42 Å². The third-order valence-corrected chi connectivity index (χ3v) is 6.63. The molecule has 0 bridgehead atoms. The molecule has 0 atom stereocenters. The third-order valence-electron chi connectivity index (χ3n) is 4.67. The maximum Gasteiger partial charge on any atom is 0.243 e. The van der Waals surface area contributed by atoms with Gasteiger partial charge < -0.3 is 9.64 Å². The number of hydrogen-bond acceptors (Lipinski definition) is 4. The highest BCUT2D eigenvalue weighted by atomic mass is 32.2. The monoisotopic (exact) mass is 382 g/mol. The maximum absolute atomic E-state index is 13.1. The molecule has 26 heavy (non-hydrogen) atoms. The van der Waals surface area contributed by atoms with Crippen LogP contribution < -0.4 is 0 Å². The van der Waals surface area contributed by atoms with E-state index >= 15 is 0 Å². The van der Waals surface area contributed by atoms with Crippen LogP contribution in [-0.4, -0.2) is 62.9 Å². The molecular formula is C19H30N2O4S. The van der Waals surface area contributed by atoms with E-state index in [1.807, 2.05) is 25.7 Å². The SMILES string of the molecule is COCCN(C1CCN(C(=O)C(C)(C)C)CC1)S(=O)(=O)c1ccccc1. The summed E-state index contributed by atoms with van der Waals surface area (Å²) >= 11 is 0. The molecule has 1 fully saturated rings. The molecule has 1 aliphatic rings. The molecule has 0 N–H and O–H groups in total. The van der Waals surface area contributed by atoms with Crippen molar-refractivity contribution in [3.63, 3.8) is 0 Å². The minimum Gasteiger partial charge on any atom is -0.383 e. The molecule has 1 aromatic rings. The van der Waals surface area contributed by atoms with Crippen LogP contribution >= 0.6 is 0 Å². The highest BCUT2D eigenvalue weighted by Gasteiger charge is 2.36. The zero-order valence-electron chi connectivity index (χ0n) is 16.1. The van der Waals surface area contributed by atoms with Crippen molar-refractivity contribution in [2.45, 2.75) is 44.6 Å². The van der Waals surface area contributed by atoms with Crippen LogP contribution in [0.3, 0.4) is 0 Å². The molecule has 0 spiro atoms. The minimum atomic E-state index is -3.59. The Kier molecular flexibility index (Phi) is 6.82. The topological polar surface area (TPSA) is 66.9 Å². The van der Waals surface area contributed by atoms with E-state index in [0.29, 0.717) is 44.0 Å². The van der Waals surface area contributed by atoms with E-state index in [1.54, 1.807) is 41.7 Å². The molecule has 1 amide bonds. The quantitative estimate of drug-likeness (QED) is 0.757. The summed E-state index contributed by atoms with van der Waals surface area (Å²) < 4.78 is 32.9. The summed E-state index contributed by atoms with van der Waals surface area (Å²) in [4.78, 5) is 14.6. The van der Waals surface area contributed by atoms with Crippen LogP contribution in [0, 0.1) is 5.41 Å². The van der Waals surface area contributed by atoms with Gasteiger partial charge in [0.2, 0.25) is 15.9 Å². The molecule has 0 aliphatic carbocycles. The van der Waals surface area contributed by atoms with Crippen LogP contribution in [0.2, 0.25) is 0 Å². The predicted molar refractivity (Wildman–Crippen MR) is 101 cm³/mol. The molecule has 0 aromatic heterocycles. The van der Waals surface area contributed by atoms with Crippen LogP contribution in [0.15, 0.2) is 35.2 Å². The molecule has 1 saturated heterocycles. The lowest BCUT2D eigenvalue weighted by Gasteiger charge is -2.39. The second-order valence-corrected chi connectivity index (χ2v) is 9.59. The van der Waals surface area contributed by atoms with E-state index in [0.717, 1.165) is 0 Å². The molecule has 1 heterocycles. The highest BCUT2D eigenvalue weighted by Crippen LogP contribution is 2.26. The molecular weight excluding hydrogens is 352 g/mol. The number of amides is 1. The van der Waals surface area contributed by atoms with Crippen LogP contribution in [0.4, 0.5) is 0 Å². The summed E-state index contributed by atoms with van der Waals surface area (Å²) in [7, 11) is -2.02.